The van der Waals surface area contributed by atoms with Crippen LogP contribution < -0.4 is 0 Å². The van der Waals surface area contributed by atoms with Gasteiger partial charge in [0.15, 0.2) is 5.82 Å². The van der Waals surface area contributed by atoms with Gasteiger partial charge >= 0.3 is 5.97 Å². The maximum absolute atomic E-state index is 13.0. The van der Waals surface area contributed by atoms with Crippen LogP contribution in [-0.4, -0.2) is 71.1 Å². The van der Waals surface area contributed by atoms with Gasteiger partial charge in [-0.05, 0) is 61.9 Å². The van der Waals surface area contributed by atoms with Gasteiger partial charge in [0.2, 0.25) is 15.8 Å². The molecule has 0 bridgehead atoms. The molecule has 2 aliphatic rings. The number of esters is 1. The van der Waals surface area contributed by atoms with E-state index in [-0.39, 0.29) is 5.82 Å². The molecule has 1 saturated heterocycles. The van der Waals surface area contributed by atoms with E-state index in [4.69, 9.17) is 4.74 Å². The van der Waals surface area contributed by atoms with Crippen LogP contribution in [0.25, 0.3) is 11.4 Å². The number of ether oxygens (including phenoxy) is 1. The molecule has 0 unspecified atom stereocenters. The zero-order valence-electron chi connectivity index (χ0n) is 21.2. The van der Waals surface area contributed by atoms with Gasteiger partial charge in [-0.15, -0.1) is 10.2 Å². The second kappa shape index (κ2) is 11.1. The molecule has 10 heteroatoms. The lowest BCUT2D eigenvalue weighted by Crippen LogP contribution is -2.32. The summed E-state index contributed by atoms with van der Waals surface area (Å²) in [6, 6.07) is 15.2. The second-order valence-electron chi connectivity index (χ2n) is 9.68. The highest BCUT2D eigenvalue weighted by molar-refractivity contribution is 7.89. The SMILES string of the molecule is Cn1c(C(=O)OCCCCN2CCc3ccc(S(=O)(=O)N4CCCC4)cc3C2)nnc1-c1ccccc1. The number of nitrogens with zero attached hydrogens (tertiary/aromatic N) is 5. The van der Waals surface area contributed by atoms with Crippen molar-refractivity contribution >= 4 is 16.0 Å². The van der Waals surface area contributed by atoms with Crippen molar-refractivity contribution in [2.45, 2.75) is 43.5 Å². The average molecular weight is 524 g/mol. The van der Waals surface area contributed by atoms with Crippen molar-refractivity contribution in [2.75, 3.05) is 32.8 Å². The fourth-order valence-corrected chi connectivity index (χ4v) is 6.60. The van der Waals surface area contributed by atoms with Crippen LogP contribution in [0.4, 0.5) is 0 Å². The minimum Gasteiger partial charge on any atom is -0.460 e. The predicted octanol–water partition coefficient (Wildman–Crippen LogP) is 3.26. The van der Waals surface area contributed by atoms with Crippen LogP contribution in [-0.2, 0) is 34.8 Å². The first-order valence-electron chi connectivity index (χ1n) is 12.9. The lowest BCUT2D eigenvalue weighted by atomic mass is 10.00. The summed E-state index contributed by atoms with van der Waals surface area (Å²) in [6.07, 6.45) is 4.38. The number of sulfonamides is 1. The summed E-state index contributed by atoms with van der Waals surface area (Å²) in [5, 5.41) is 8.16. The van der Waals surface area contributed by atoms with E-state index < -0.39 is 16.0 Å². The van der Waals surface area contributed by atoms with Crippen molar-refractivity contribution in [3.05, 3.63) is 65.5 Å². The van der Waals surface area contributed by atoms with E-state index in [1.54, 1.807) is 22.0 Å². The lowest BCUT2D eigenvalue weighted by molar-refractivity contribution is 0.0475. The third kappa shape index (κ3) is 5.61. The van der Waals surface area contributed by atoms with Gasteiger partial charge in [0.25, 0.3) is 0 Å². The molecule has 2 aromatic carbocycles. The number of carbonyl (C=O) groups is 1. The maximum Gasteiger partial charge on any atom is 0.376 e. The number of aromatic nitrogens is 3. The molecular formula is C27H33N5O4S. The highest BCUT2D eigenvalue weighted by Crippen LogP contribution is 2.26. The molecule has 37 heavy (non-hydrogen) atoms. The molecule has 196 valence electrons. The third-order valence-corrected chi connectivity index (χ3v) is 9.06. The summed E-state index contributed by atoms with van der Waals surface area (Å²) in [5.41, 5.74) is 3.21. The van der Waals surface area contributed by atoms with Crippen LogP contribution in [0.5, 0.6) is 0 Å². The Morgan fingerprint density at radius 1 is 0.973 bits per heavy atom. The normalized spacial score (nSPS) is 16.6. The molecule has 0 saturated carbocycles. The van der Waals surface area contributed by atoms with Crippen molar-refractivity contribution in [1.82, 2.24) is 24.0 Å². The van der Waals surface area contributed by atoms with Gasteiger partial charge in [0.1, 0.15) is 0 Å². The highest BCUT2D eigenvalue weighted by atomic mass is 32.2. The highest BCUT2D eigenvalue weighted by Gasteiger charge is 2.28. The van der Waals surface area contributed by atoms with Crippen LogP contribution in [0.2, 0.25) is 0 Å². The molecule has 0 amide bonds. The van der Waals surface area contributed by atoms with Crippen LogP contribution in [0, 0.1) is 0 Å². The molecule has 0 spiro atoms. The van der Waals surface area contributed by atoms with E-state index in [9.17, 15) is 13.2 Å². The fraction of sp³-hybridized carbons (Fsp3) is 0.444. The van der Waals surface area contributed by atoms with Gasteiger partial charge in [-0.1, -0.05) is 36.4 Å². The number of unbranched alkanes of at least 4 members (excludes halogenated alkanes) is 1. The van der Waals surface area contributed by atoms with Crippen LogP contribution in [0.15, 0.2) is 53.4 Å². The van der Waals surface area contributed by atoms with Gasteiger partial charge in [0, 0.05) is 38.8 Å². The molecule has 1 fully saturated rings. The van der Waals surface area contributed by atoms with E-state index in [2.05, 4.69) is 15.1 Å². The number of benzene rings is 2. The first-order chi connectivity index (χ1) is 17.9. The zero-order valence-corrected chi connectivity index (χ0v) is 22.0. The molecule has 3 aromatic rings. The standard InChI is InChI=1S/C27H33N5O4S/c1-30-25(22-9-3-2-4-10-22)28-29-26(30)27(33)36-18-8-7-14-31-17-13-21-11-12-24(19-23(21)20-31)37(34,35)32-15-5-6-16-32/h2-4,9-12,19H,5-8,13-18,20H2,1H3. The van der Waals surface area contributed by atoms with E-state index in [0.717, 1.165) is 62.9 Å². The summed E-state index contributed by atoms with van der Waals surface area (Å²) >= 11 is 0. The Kier molecular flexibility index (Phi) is 7.68. The molecule has 5 rings (SSSR count). The minimum absolute atomic E-state index is 0.186. The summed E-state index contributed by atoms with van der Waals surface area (Å²) in [7, 11) is -1.65. The molecule has 9 nitrogen and oxygen atoms in total. The number of fused-ring (bicyclic) bond motifs is 1. The van der Waals surface area contributed by atoms with Gasteiger partial charge in [-0.2, -0.15) is 4.31 Å². The molecule has 2 aliphatic heterocycles. The number of hydrogen-bond donors (Lipinski definition) is 0. The Morgan fingerprint density at radius 2 is 1.76 bits per heavy atom. The Hall–Kier alpha value is -3.08. The zero-order chi connectivity index (χ0) is 25.8. The van der Waals surface area contributed by atoms with E-state index in [1.807, 2.05) is 42.5 Å². The third-order valence-electron chi connectivity index (χ3n) is 7.16. The fourth-order valence-electron chi connectivity index (χ4n) is 5.03. The molecule has 0 aliphatic carbocycles. The molecule has 3 heterocycles. The van der Waals surface area contributed by atoms with Crippen LogP contribution in [0.3, 0.4) is 0 Å². The first kappa shape index (κ1) is 25.6. The average Bonchev–Trinajstić information content (AvgIpc) is 3.59. The largest absolute Gasteiger partial charge is 0.460 e. The topological polar surface area (TPSA) is 97.6 Å². The Morgan fingerprint density at radius 3 is 2.54 bits per heavy atom. The molecular weight excluding hydrogens is 490 g/mol. The Balaban J connectivity index is 1.09. The van der Waals surface area contributed by atoms with E-state index >= 15 is 0 Å². The van der Waals surface area contributed by atoms with Crippen LogP contribution >= 0.6 is 0 Å². The minimum atomic E-state index is -3.41. The Bertz CT molecular complexity index is 1350. The molecule has 1 aromatic heterocycles. The van der Waals surface area contributed by atoms with Gasteiger partial charge in [-0.3, -0.25) is 4.90 Å². The second-order valence-corrected chi connectivity index (χ2v) is 11.6. The summed E-state index contributed by atoms with van der Waals surface area (Å²) < 4.78 is 34.6. The Labute approximate surface area is 218 Å². The van der Waals surface area contributed by atoms with Crippen molar-refractivity contribution in [3.8, 4) is 11.4 Å². The van der Waals surface area contributed by atoms with Crippen molar-refractivity contribution in [2.24, 2.45) is 7.05 Å². The summed E-state index contributed by atoms with van der Waals surface area (Å²) in [5.74, 6) is 0.330. The number of hydrogen-bond acceptors (Lipinski definition) is 7. The van der Waals surface area contributed by atoms with Crippen LogP contribution in [0.1, 0.15) is 47.4 Å². The quantitative estimate of drug-likeness (QED) is 0.314. The maximum atomic E-state index is 13.0. The summed E-state index contributed by atoms with van der Waals surface area (Å²) in [4.78, 5) is 15.3. The van der Waals surface area contributed by atoms with Crippen molar-refractivity contribution in [1.29, 1.82) is 0 Å². The number of carbonyl (C=O) groups excluding carboxylic acids is 1. The monoisotopic (exact) mass is 523 g/mol. The predicted molar refractivity (Wildman–Crippen MR) is 139 cm³/mol. The van der Waals surface area contributed by atoms with Crippen molar-refractivity contribution in [3.63, 3.8) is 0 Å². The first-order valence-corrected chi connectivity index (χ1v) is 14.3. The van der Waals surface area contributed by atoms with Gasteiger partial charge in [-0.25, -0.2) is 13.2 Å². The van der Waals surface area contributed by atoms with Crippen molar-refractivity contribution < 1.29 is 17.9 Å². The van der Waals surface area contributed by atoms with E-state index in [1.165, 1.54) is 5.56 Å². The number of rotatable bonds is 9. The lowest BCUT2D eigenvalue weighted by Gasteiger charge is -2.29. The van der Waals surface area contributed by atoms with Gasteiger partial charge < -0.3 is 9.30 Å². The smallest absolute Gasteiger partial charge is 0.376 e. The molecule has 0 N–H and O–H groups in total. The van der Waals surface area contributed by atoms with Gasteiger partial charge in [0.05, 0.1) is 11.5 Å². The molecule has 0 radical (unpaired) electrons. The van der Waals surface area contributed by atoms with E-state index in [0.29, 0.717) is 30.4 Å². The molecule has 0 atom stereocenters. The summed E-state index contributed by atoms with van der Waals surface area (Å²) in [6.45, 7) is 4.07.